The largest absolute Gasteiger partial charge is 0.312 e. The fourth-order valence-electron chi connectivity index (χ4n) is 0.700. The summed E-state index contributed by atoms with van der Waals surface area (Å²) in [5.41, 5.74) is 6.18. The van der Waals surface area contributed by atoms with E-state index in [4.69, 9.17) is 11.0 Å². The van der Waals surface area contributed by atoms with Crippen LogP contribution in [0.5, 0.6) is 0 Å². The van der Waals surface area contributed by atoms with E-state index in [0.29, 0.717) is 4.60 Å². The minimum absolute atomic E-state index is 0.599. The van der Waals surface area contributed by atoms with E-state index in [1.165, 1.54) is 0 Å². The van der Waals surface area contributed by atoms with Crippen LogP contribution in [0.1, 0.15) is 11.6 Å². The molecule has 1 aromatic rings. The summed E-state index contributed by atoms with van der Waals surface area (Å²) in [6.07, 6.45) is 1.64. The zero-order valence-corrected chi connectivity index (χ0v) is 7.25. The van der Waals surface area contributed by atoms with Crippen LogP contribution in [0.3, 0.4) is 0 Å². The van der Waals surface area contributed by atoms with E-state index in [1.54, 1.807) is 18.3 Å². The molecule has 1 heterocycles. The Labute approximate surface area is 73.0 Å². The number of halogens is 1. The van der Waals surface area contributed by atoms with Gasteiger partial charge in [0, 0.05) is 11.8 Å². The molecule has 1 aromatic heterocycles. The topological polar surface area (TPSA) is 62.7 Å². The van der Waals surface area contributed by atoms with Crippen LogP contribution in [0.4, 0.5) is 0 Å². The fourth-order valence-corrected chi connectivity index (χ4v) is 1.20. The van der Waals surface area contributed by atoms with Crippen LogP contribution in [0.2, 0.25) is 0 Å². The highest BCUT2D eigenvalue weighted by Crippen LogP contribution is 2.17. The third-order valence-corrected chi connectivity index (χ3v) is 1.92. The predicted octanol–water partition coefficient (Wildman–Crippen LogP) is 1.37. The number of nitrogens with two attached hydrogens (primary N) is 1. The van der Waals surface area contributed by atoms with Gasteiger partial charge in [0.25, 0.3) is 0 Å². The molecule has 1 rings (SSSR count). The summed E-state index contributed by atoms with van der Waals surface area (Å²) in [4.78, 5) is 3.93. The molecule has 0 aliphatic rings. The van der Waals surface area contributed by atoms with Crippen molar-refractivity contribution in [1.29, 1.82) is 5.26 Å². The molecule has 11 heavy (non-hydrogen) atoms. The van der Waals surface area contributed by atoms with Crippen molar-refractivity contribution in [2.75, 3.05) is 0 Å². The Hall–Kier alpha value is -0.920. The van der Waals surface area contributed by atoms with Gasteiger partial charge in [-0.1, -0.05) is 6.07 Å². The number of hydrogen-bond acceptors (Lipinski definition) is 3. The Morgan fingerprint density at radius 3 is 3.00 bits per heavy atom. The molecule has 0 aliphatic heterocycles. The Kier molecular flexibility index (Phi) is 2.58. The molecular formula is C7H6BrN3. The lowest BCUT2D eigenvalue weighted by molar-refractivity contribution is 0.905. The van der Waals surface area contributed by atoms with Crippen LogP contribution in [0.25, 0.3) is 0 Å². The first-order valence-electron chi connectivity index (χ1n) is 3.01. The molecule has 0 bridgehead atoms. The summed E-state index contributed by atoms with van der Waals surface area (Å²) < 4.78 is 0.633. The van der Waals surface area contributed by atoms with Crippen LogP contribution in [0, 0.1) is 11.3 Å². The van der Waals surface area contributed by atoms with Gasteiger partial charge in [-0.05, 0) is 22.0 Å². The zero-order valence-electron chi connectivity index (χ0n) is 5.66. The van der Waals surface area contributed by atoms with Gasteiger partial charge in [0.15, 0.2) is 0 Å². The first-order chi connectivity index (χ1) is 5.25. The monoisotopic (exact) mass is 211 g/mol. The molecule has 2 N–H and O–H groups in total. The molecular weight excluding hydrogens is 206 g/mol. The van der Waals surface area contributed by atoms with Crippen molar-refractivity contribution in [2.45, 2.75) is 6.04 Å². The average Bonchev–Trinajstić information content (AvgIpc) is 2.04. The van der Waals surface area contributed by atoms with Gasteiger partial charge in [-0.3, -0.25) is 0 Å². The third kappa shape index (κ3) is 1.76. The lowest BCUT2D eigenvalue weighted by atomic mass is 10.1. The molecule has 0 fully saturated rings. The smallest absolute Gasteiger partial charge is 0.121 e. The molecule has 4 heteroatoms. The van der Waals surface area contributed by atoms with Crippen LogP contribution in [0.15, 0.2) is 22.9 Å². The quantitative estimate of drug-likeness (QED) is 0.715. The highest BCUT2D eigenvalue weighted by molar-refractivity contribution is 9.10. The molecule has 0 amide bonds. The van der Waals surface area contributed by atoms with E-state index >= 15 is 0 Å². The number of pyridine rings is 1. The van der Waals surface area contributed by atoms with Gasteiger partial charge in [-0.25, -0.2) is 4.98 Å². The standard InChI is InChI=1S/C7H6BrN3/c8-7-5(6(10)4-9)2-1-3-11-7/h1-3,6H,10H2. The summed E-state index contributed by atoms with van der Waals surface area (Å²) in [6, 6.07) is 4.85. The lowest BCUT2D eigenvalue weighted by Crippen LogP contribution is -2.08. The molecule has 0 aromatic carbocycles. The Balaban J connectivity index is 3.05. The van der Waals surface area contributed by atoms with E-state index in [-0.39, 0.29) is 0 Å². The fraction of sp³-hybridized carbons (Fsp3) is 0.143. The minimum Gasteiger partial charge on any atom is -0.312 e. The average molecular weight is 212 g/mol. The molecule has 1 unspecified atom stereocenters. The molecule has 56 valence electrons. The van der Waals surface area contributed by atoms with Crippen LogP contribution in [-0.4, -0.2) is 4.98 Å². The number of aromatic nitrogens is 1. The third-order valence-electron chi connectivity index (χ3n) is 1.26. The van der Waals surface area contributed by atoms with Gasteiger partial charge in [-0.15, -0.1) is 0 Å². The first-order valence-corrected chi connectivity index (χ1v) is 3.80. The molecule has 0 saturated heterocycles. The highest BCUT2D eigenvalue weighted by Gasteiger charge is 2.07. The van der Waals surface area contributed by atoms with Crippen LogP contribution >= 0.6 is 15.9 Å². The van der Waals surface area contributed by atoms with Crippen molar-refractivity contribution in [3.05, 3.63) is 28.5 Å². The second-order valence-corrected chi connectivity index (χ2v) is 2.74. The van der Waals surface area contributed by atoms with Crippen molar-refractivity contribution >= 4 is 15.9 Å². The number of nitriles is 1. The molecule has 0 saturated carbocycles. The van der Waals surface area contributed by atoms with Gasteiger partial charge < -0.3 is 5.73 Å². The summed E-state index contributed by atoms with van der Waals surface area (Å²) in [7, 11) is 0. The van der Waals surface area contributed by atoms with Gasteiger partial charge >= 0.3 is 0 Å². The van der Waals surface area contributed by atoms with E-state index in [9.17, 15) is 0 Å². The Morgan fingerprint density at radius 2 is 2.45 bits per heavy atom. The van der Waals surface area contributed by atoms with E-state index in [1.807, 2.05) is 6.07 Å². The Morgan fingerprint density at radius 1 is 1.73 bits per heavy atom. The van der Waals surface area contributed by atoms with Gasteiger partial charge in [0.1, 0.15) is 10.6 Å². The van der Waals surface area contributed by atoms with Crippen molar-refractivity contribution < 1.29 is 0 Å². The van der Waals surface area contributed by atoms with Gasteiger partial charge in [0.2, 0.25) is 0 Å². The van der Waals surface area contributed by atoms with Crippen LogP contribution in [-0.2, 0) is 0 Å². The highest BCUT2D eigenvalue weighted by atomic mass is 79.9. The first kappa shape index (κ1) is 8.18. The molecule has 0 radical (unpaired) electrons. The number of rotatable bonds is 1. The normalized spacial score (nSPS) is 12.1. The number of nitrogens with zero attached hydrogens (tertiary/aromatic N) is 2. The van der Waals surface area contributed by atoms with Crippen molar-refractivity contribution in [3.8, 4) is 6.07 Å². The number of hydrogen-bond donors (Lipinski definition) is 1. The van der Waals surface area contributed by atoms with E-state index in [0.717, 1.165) is 5.56 Å². The van der Waals surface area contributed by atoms with Crippen LogP contribution < -0.4 is 5.73 Å². The van der Waals surface area contributed by atoms with Crippen molar-refractivity contribution in [2.24, 2.45) is 5.73 Å². The summed E-state index contributed by atoms with van der Waals surface area (Å²) in [5.74, 6) is 0. The maximum Gasteiger partial charge on any atom is 0.121 e. The summed E-state index contributed by atoms with van der Waals surface area (Å²) in [6.45, 7) is 0. The van der Waals surface area contributed by atoms with Gasteiger partial charge in [-0.2, -0.15) is 5.26 Å². The lowest BCUT2D eigenvalue weighted by Gasteiger charge is -2.02. The molecule has 0 aliphatic carbocycles. The SMILES string of the molecule is N#CC(N)c1cccnc1Br. The molecule has 3 nitrogen and oxygen atoms in total. The molecule has 0 spiro atoms. The van der Waals surface area contributed by atoms with Crippen molar-refractivity contribution in [1.82, 2.24) is 4.98 Å². The minimum atomic E-state index is -0.599. The summed E-state index contributed by atoms with van der Waals surface area (Å²) in [5, 5.41) is 8.49. The maximum atomic E-state index is 8.49. The van der Waals surface area contributed by atoms with E-state index in [2.05, 4.69) is 20.9 Å². The predicted molar refractivity (Wildman–Crippen MR) is 44.5 cm³/mol. The second kappa shape index (κ2) is 3.46. The Bertz CT molecular complexity index is 292. The van der Waals surface area contributed by atoms with E-state index < -0.39 is 6.04 Å². The zero-order chi connectivity index (χ0) is 8.27. The van der Waals surface area contributed by atoms with Crippen molar-refractivity contribution in [3.63, 3.8) is 0 Å². The summed E-state index contributed by atoms with van der Waals surface area (Å²) >= 11 is 3.20. The maximum absolute atomic E-state index is 8.49. The molecule has 1 atom stereocenters. The second-order valence-electron chi connectivity index (χ2n) is 1.99. The van der Waals surface area contributed by atoms with Gasteiger partial charge in [0.05, 0.1) is 6.07 Å².